The molecule has 16 heavy (non-hydrogen) atoms. The lowest BCUT2D eigenvalue weighted by molar-refractivity contribution is 0.0279. The average molecular weight is 231 g/mol. The van der Waals surface area contributed by atoms with E-state index in [1.54, 1.807) is 4.90 Å². The first-order valence-electron chi connectivity index (χ1n) is 5.57. The first-order chi connectivity index (χ1) is 7.37. The van der Waals surface area contributed by atoms with Crippen LogP contribution in [0.4, 0.5) is 4.79 Å². The number of hydrogen-bond donors (Lipinski definition) is 2. The van der Waals surface area contributed by atoms with E-state index < -0.39 is 5.60 Å². The number of carbonyl (C=O) groups excluding carboxylic acids is 1. The highest BCUT2D eigenvalue weighted by molar-refractivity contribution is 5.68. The maximum atomic E-state index is 11.7. The summed E-state index contributed by atoms with van der Waals surface area (Å²) in [4.78, 5) is 13.3. The van der Waals surface area contributed by atoms with Crippen LogP contribution in [0, 0.1) is 11.8 Å². The molecular formula is C11H21NO4. The number of nitrogens with zero attached hydrogens (tertiary/aromatic N) is 1. The number of ether oxygens (including phenoxy) is 1. The second kappa shape index (κ2) is 5.01. The standard InChI is InChI=1S/C11H21NO4/c1-11(2,3)16-10(15)12-4-8(6-13)9(5-12)7-14/h8-9,13-14H,4-7H2,1-3H3/t8-,9-/m1/s1. The van der Waals surface area contributed by atoms with E-state index in [-0.39, 0.29) is 31.1 Å². The molecule has 1 aliphatic rings. The Morgan fingerprint density at radius 2 is 1.69 bits per heavy atom. The summed E-state index contributed by atoms with van der Waals surface area (Å²) < 4.78 is 5.23. The van der Waals surface area contributed by atoms with Crippen molar-refractivity contribution in [3.05, 3.63) is 0 Å². The van der Waals surface area contributed by atoms with Crippen LogP contribution in [0.2, 0.25) is 0 Å². The molecule has 2 atom stereocenters. The molecule has 0 aromatic heterocycles. The number of rotatable bonds is 2. The summed E-state index contributed by atoms with van der Waals surface area (Å²) >= 11 is 0. The Labute approximate surface area is 96.0 Å². The lowest BCUT2D eigenvalue weighted by atomic mass is 9.98. The fraction of sp³-hybridized carbons (Fsp3) is 0.909. The summed E-state index contributed by atoms with van der Waals surface area (Å²) in [6.45, 7) is 6.33. The van der Waals surface area contributed by atoms with Gasteiger partial charge < -0.3 is 19.8 Å². The van der Waals surface area contributed by atoms with Gasteiger partial charge in [-0.3, -0.25) is 0 Å². The van der Waals surface area contributed by atoms with Crippen LogP contribution in [-0.2, 0) is 4.74 Å². The van der Waals surface area contributed by atoms with Crippen LogP contribution in [0.25, 0.3) is 0 Å². The van der Waals surface area contributed by atoms with E-state index in [0.717, 1.165) is 0 Å². The smallest absolute Gasteiger partial charge is 0.410 e. The normalized spacial score (nSPS) is 25.9. The van der Waals surface area contributed by atoms with E-state index in [1.807, 2.05) is 20.8 Å². The number of hydrogen-bond acceptors (Lipinski definition) is 4. The number of amides is 1. The Hall–Kier alpha value is -0.810. The Kier molecular flexibility index (Phi) is 4.15. The van der Waals surface area contributed by atoms with Gasteiger partial charge >= 0.3 is 6.09 Å². The van der Waals surface area contributed by atoms with Crippen molar-refractivity contribution >= 4 is 6.09 Å². The van der Waals surface area contributed by atoms with Gasteiger partial charge in [0, 0.05) is 38.1 Å². The van der Waals surface area contributed by atoms with Gasteiger partial charge in [-0.15, -0.1) is 0 Å². The summed E-state index contributed by atoms with van der Waals surface area (Å²) in [5, 5.41) is 18.2. The first-order valence-corrected chi connectivity index (χ1v) is 5.57. The highest BCUT2D eigenvalue weighted by Crippen LogP contribution is 2.24. The van der Waals surface area contributed by atoms with Crippen molar-refractivity contribution in [2.75, 3.05) is 26.3 Å². The van der Waals surface area contributed by atoms with Gasteiger partial charge in [-0.1, -0.05) is 0 Å². The predicted octanol–water partition coefficient (Wildman–Crippen LogP) is 0.454. The zero-order valence-electron chi connectivity index (χ0n) is 10.1. The molecule has 1 heterocycles. The first kappa shape index (κ1) is 13.3. The molecule has 1 saturated heterocycles. The fourth-order valence-corrected chi connectivity index (χ4v) is 1.83. The topological polar surface area (TPSA) is 70.0 Å². The molecule has 0 radical (unpaired) electrons. The average Bonchev–Trinajstić information content (AvgIpc) is 2.57. The van der Waals surface area contributed by atoms with E-state index in [0.29, 0.717) is 13.1 Å². The zero-order chi connectivity index (χ0) is 12.3. The molecule has 1 fully saturated rings. The molecule has 0 spiro atoms. The molecule has 5 nitrogen and oxygen atoms in total. The molecular weight excluding hydrogens is 210 g/mol. The minimum Gasteiger partial charge on any atom is -0.444 e. The summed E-state index contributed by atoms with van der Waals surface area (Å²) in [5.74, 6) is -0.0879. The van der Waals surface area contributed by atoms with Crippen molar-refractivity contribution in [1.82, 2.24) is 4.90 Å². The van der Waals surface area contributed by atoms with Gasteiger partial charge in [0.25, 0.3) is 0 Å². The summed E-state index contributed by atoms with van der Waals surface area (Å²) in [5.41, 5.74) is -0.511. The van der Waals surface area contributed by atoms with Gasteiger partial charge in [0.2, 0.25) is 0 Å². The molecule has 1 aliphatic heterocycles. The van der Waals surface area contributed by atoms with Crippen LogP contribution >= 0.6 is 0 Å². The van der Waals surface area contributed by atoms with Gasteiger partial charge in [-0.25, -0.2) is 4.79 Å². The minimum atomic E-state index is -0.511. The Morgan fingerprint density at radius 1 is 1.25 bits per heavy atom. The highest BCUT2D eigenvalue weighted by atomic mass is 16.6. The molecule has 0 unspecified atom stereocenters. The van der Waals surface area contributed by atoms with E-state index in [4.69, 9.17) is 14.9 Å². The maximum absolute atomic E-state index is 11.7. The van der Waals surface area contributed by atoms with Crippen LogP contribution < -0.4 is 0 Å². The van der Waals surface area contributed by atoms with Gasteiger partial charge in [0.05, 0.1) is 0 Å². The van der Waals surface area contributed by atoms with Crippen molar-refractivity contribution in [1.29, 1.82) is 0 Å². The third kappa shape index (κ3) is 3.35. The SMILES string of the molecule is CC(C)(C)OC(=O)N1C[C@H](CO)[C@@H](CO)C1. The van der Waals surface area contributed by atoms with Crippen molar-refractivity contribution in [2.24, 2.45) is 11.8 Å². The Bertz CT molecular complexity index is 237. The van der Waals surface area contributed by atoms with Crippen molar-refractivity contribution in [3.63, 3.8) is 0 Å². The van der Waals surface area contributed by atoms with Crippen LogP contribution in [0.1, 0.15) is 20.8 Å². The van der Waals surface area contributed by atoms with Crippen molar-refractivity contribution < 1.29 is 19.7 Å². The van der Waals surface area contributed by atoms with Crippen LogP contribution in [0.5, 0.6) is 0 Å². The Morgan fingerprint density at radius 3 is 2.00 bits per heavy atom. The third-order valence-electron chi connectivity index (χ3n) is 2.70. The lowest BCUT2D eigenvalue weighted by Gasteiger charge is -2.24. The van der Waals surface area contributed by atoms with Gasteiger partial charge in [0.1, 0.15) is 5.60 Å². The Balaban J connectivity index is 2.54. The minimum absolute atomic E-state index is 0.00940. The maximum Gasteiger partial charge on any atom is 0.410 e. The molecule has 0 saturated carbocycles. The molecule has 5 heteroatoms. The zero-order valence-corrected chi connectivity index (χ0v) is 10.1. The van der Waals surface area contributed by atoms with Gasteiger partial charge in [0.15, 0.2) is 0 Å². The summed E-state index contributed by atoms with van der Waals surface area (Å²) in [7, 11) is 0. The van der Waals surface area contributed by atoms with Crippen LogP contribution in [0.3, 0.4) is 0 Å². The van der Waals surface area contributed by atoms with Gasteiger partial charge in [-0.2, -0.15) is 0 Å². The quantitative estimate of drug-likeness (QED) is 0.724. The molecule has 94 valence electrons. The molecule has 1 rings (SSSR count). The summed E-state index contributed by atoms with van der Waals surface area (Å²) in [6.07, 6.45) is -0.373. The van der Waals surface area contributed by atoms with Crippen molar-refractivity contribution in [3.8, 4) is 0 Å². The number of aliphatic hydroxyl groups excluding tert-OH is 2. The second-order valence-electron chi connectivity index (χ2n) is 5.27. The number of likely N-dealkylation sites (tertiary alicyclic amines) is 1. The number of carbonyl (C=O) groups is 1. The molecule has 2 N–H and O–H groups in total. The monoisotopic (exact) mass is 231 g/mol. The molecule has 0 aromatic carbocycles. The highest BCUT2D eigenvalue weighted by Gasteiger charge is 2.36. The van der Waals surface area contributed by atoms with E-state index in [1.165, 1.54) is 0 Å². The van der Waals surface area contributed by atoms with E-state index in [2.05, 4.69) is 0 Å². The number of aliphatic hydroxyl groups is 2. The van der Waals surface area contributed by atoms with E-state index >= 15 is 0 Å². The van der Waals surface area contributed by atoms with Gasteiger partial charge in [-0.05, 0) is 20.8 Å². The van der Waals surface area contributed by atoms with Crippen LogP contribution in [-0.4, -0.2) is 53.1 Å². The second-order valence-corrected chi connectivity index (χ2v) is 5.27. The summed E-state index contributed by atoms with van der Waals surface area (Å²) in [6, 6.07) is 0. The van der Waals surface area contributed by atoms with Crippen molar-refractivity contribution in [2.45, 2.75) is 26.4 Å². The molecule has 0 bridgehead atoms. The lowest BCUT2D eigenvalue weighted by Crippen LogP contribution is -2.35. The predicted molar refractivity (Wildman–Crippen MR) is 59.0 cm³/mol. The third-order valence-corrected chi connectivity index (χ3v) is 2.70. The molecule has 1 amide bonds. The fourth-order valence-electron chi connectivity index (χ4n) is 1.83. The van der Waals surface area contributed by atoms with E-state index in [9.17, 15) is 4.79 Å². The van der Waals surface area contributed by atoms with Crippen LogP contribution in [0.15, 0.2) is 0 Å². The molecule has 0 aromatic rings. The largest absolute Gasteiger partial charge is 0.444 e. The molecule has 0 aliphatic carbocycles.